The Morgan fingerprint density at radius 1 is 1.00 bits per heavy atom. The van der Waals surface area contributed by atoms with Crippen LogP contribution in [0.3, 0.4) is 0 Å². The molecule has 0 aliphatic carbocycles. The van der Waals surface area contributed by atoms with Gasteiger partial charge in [-0.15, -0.1) is 0 Å². The van der Waals surface area contributed by atoms with E-state index < -0.39 is 5.82 Å². The molecule has 6 rings (SSSR count). The minimum absolute atomic E-state index is 0.0265. The minimum atomic E-state index is -0.526. The van der Waals surface area contributed by atoms with Gasteiger partial charge in [0, 0.05) is 54.3 Å². The Kier molecular flexibility index (Phi) is 6.13. The standard InChI is InChI=1S/C29H28ClFN4O2/c1-17-24(32-23-10-13-35(29(37)25(17)23)15-14-34-11-2-3-12-34)16-20-26-18(6-5-9-22(26)33-28(20)36)19-7-4-8-21(30)27(19)31/h4-9,16,32H,2-3,10-15H2,1H3,(H,33,36)/b20-16-. The fraction of sp³-hybridized carbons (Fsp3) is 0.310. The van der Waals surface area contributed by atoms with Gasteiger partial charge in [-0.3, -0.25) is 9.59 Å². The summed E-state index contributed by atoms with van der Waals surface area (Å²) in [5, 5.41) is 2.92. The van der Waals surface area contributed by atoms with Gasteiger partial charge in [0.05, 0.1) is 16.2 Å². The van der Waals surface area contributed by atoms with E-state index in [1.54, 1.807) is 36.4 Å². The minimum Gasteiger partial charge on any atom is -0.358 e. The zero-order chi connectivity index (χ0) is 25.7. The maximum Gasteiger partial charge on any atom is 0.256 e. The molecular formula is C29H28ClFN4O2. The highest BCUT2D eigenvalue weighted by atomic mass is 35.5. The molecule has 1 saturated heterocycles. The van der Waals surface area contributed by atoms with E-state index in [0.29, 0.717) is 40.1 Å². The summed E-state index contributed by atoms with van der Waals surface area (Å²) in [7, 11) is 0. The number of rotatable bonds is 5. The third kappa shape index (κ3) is 4.16. The molecule has 3 aromatic rings. The number of aromatic nitrogens is 1. The fourth-order valence-corrected chi connectivity index (χ4v) is 5.93. The maximum atomic E-state index is 15.0. The Balaban J connectivity index is 1.35. The number of hydrogen-bond donors (Lipinski definition) is 2. The predicted molar refractivity (Wildman–Crippen MR) is 144 cm³/mol. The van der Waals surface area contributed by atoms with Crippen molar-refractivity contribution in [3.63, 3.8) is 0 Å². The average Bonchev–Trinajstić information content (AvgIpc) is 3.59. The quantitative estimate of drug-likeness (QED) is 0.446. The van der Waals surface area contributed by atoms with Crippen LogP contribution in [-0.2, 0) is 11.2 Å². The molecule has 1 aromatic heterocycles. The molecule has 0 saturated carbocycles. The van der Waals surface area contributed by atoms with Crippen molar-refractivity contribution in [3.8, 4) is 11.1 Å². The Bertz CT molecular complexity index is 1450. The van der Waals surface area contributed by atoms with Crippen LogP contribution in [0.5, 0.6) is 0 Å². The molecule has 6 nitrogen and oxygen atoms in total. The number of aromatic amines is 1. The molecule has 2 amide bonds. The summed E-state index contributed by atoms with van der Waals surface area (Å²) < 4.78 is 15.0. The number of amides is 2. The van der Waals surface area contributed by atoms with Crippen LogP contribution in [0.25, 0.3) is 22.8 Å². The van der Waals surface area contributed by atoms with E-state index in [4.69, 9.17) is 11.6 Å². The van der Waals surface area contributed by atoms with Gasteiger partial charge in [-0.05, 0) is 62.2 Å². The molecule has 3 aliphatic heterocycles. The molecule has 190 valence electrons. The van der Waals surface area contributed by atoms with Crippen molar-refractivity contribution in [2.24, 2.45) is 0 Å². The lowest BCUT2D eigenvalue weighted by molar-refractivity contribution is -0.110. The number of carbonyl (C=O) groups is 2. The van der Waals surface area contributed by atoms with Crippen molar-refractivity contribution in [1.29, 1.82) is 0 Å². The smallest absolute Gasteiger partial charge is 0.256 e. The second-order valence-corrected chi connectivity index (χ2v) is 10.4. The molecule has 0 unspecified atom stereocenters. The lowest BCUT2D eigenvalue weighted by Crippen LogP contribution is -2.42. The van der Waals surface area contributed by atoms with Gasteiger partial charge in [-0.1, -0.05) is 35.9 Å². The largest absolute Gasteiger partial charge is 0.358 e. The monoisotopic (exact) mass is 518 g/mol. The zero-order valence-electron chi connectivity index (χ0n) is 20.7. The number of nitrogens with one attached hydrogen (secondary N) is 2. The highest BCUT2D eigenvalue weighted by molar-refractivity contribution is 6.36. The Hall–Kier alpha value is -3.42. The van der Waals surface area contributed by atoms with Crippen LogP contribution in [0.2, 0.25) is 5.02 Å². The highest BCUT2D eigenvalue weighted by Crippen LogP contribution is 2.42. The van der Waals surface area contributed by atoms with Crippen LogP contribution in [0.1, 0.15) is 45.7 Å². The van der Waals surface area contributed by atoms with Gasteiger partial charge in [0.2, 0.25) is 0 Å². The van der Waals surface area contributed by atoms with E-state index in [2.05, 4.69) is 15.2 Å². The van der Waals surface area contributed by atoms with Crippen LogP contribution in [0.15, 0.2) is 36.4 Å². The lowest BCUT2D eigenvalue weighted by Gasteiger charge is -2.29. The molecule has 0 atom stereocenters. The van der Waals surface area contributed by atoms with Gasteiger partial charge in [-0.2, -0.15) is 0 Å². The Morgan fingerprint density at radius 3 is 2.57 bits per heavy atom. The van der Waals surface area contributed by atoms with Crippen LogP contribution in [0.4, 0.5) is 10.1 Å². The number of halogens is 2. The van der Waals surface area contributed by atoms with Crippen LogP contribution in [0, 0.1) is 12.7 Å². The van der Waals surface area contributed by atoms with Gasteiger partial charge in [-0.25, -0.2) is 4.39 Å². The molecule has 4 heterocycles. The summed E-state index contributed by atoms with van der Waals surface area (Å²) in [6.45, 7) is 6.44. The van der Waals surface area contributed by atoms with Crippen LogP contribution in [-0.4, -0.2) is 59.3 Å². The van der Waals surface area contributed by atoms with Crippen molar-refractivity contribution >= 4 is 40.8 Å². The van der Waals surface area contributed by atoms with Gasteiger partial charge in [0.25, 0.3) is 11.8 Å². The average molecular weight is 519 g/mol. The molecule has 0 spiro atoms. The highest BCUT2D eigenvalue weighted by Gasteiger charge is 2.32. The van der Waals surface area contributed by atoms with Gasteiger partial charge in [0.1, 0.15) is 5.82 Å². The number of carbonyl (C=O) groups excluding carboxylic acids is 2. The molecule has 2 N–H and O–H groups in total. The summed E-state index contributed by atoms with van der Waals surface area (Å²) in [6, 6.07) is 10.2. The molecule has 3 aliphatic rings. The van der Waals surface area contributed by atoms with Gasteiger partial charge >= 0.3 is 0 Å². The normalized spacial score (nSPS) is 18.5. The second kappa shape index (κ2) is 9.47. The summed E-state index contributed by atoms with van der Waals surface area (Å²) in [4.78, 5) is 34.2. The number of hydrogen-bond acceptors (Lipinski definition) is 3. The molecule has 0 radical (unpaired) electrons. The zero-order valence-corrected chi connectivity index (χ0v) is 21.4. The number of likely N-dealkylation sites (tertiary alicyclic amines) is 1. The van der Waals surface area contributed by atoms with Crippen molar-refractivity contribution < 1.29 is 14.0 Å². The van der Waals surface area contributed by atoms with Crippen LogP contribution >= 0.6 is 11.6 Å². The van der Waals surface area contributed by atoms with Crippen molar-refractivity contribution in [3.05, 3.63) is 75.3 Å². The molecule has 1 fully saturated rings. The summed E-state index contributed by atoms with van der Waals surface area (Å²) >= 11 is 6.06. The fourth-order valence-electron chi connectivity index (χ4n) is 5.76. The molecule has 8 heteroatoms. The SMILES string of the molecule is Cc1c(/C=C2\C(=O)Nc3cccc(-c4cccc(Cl)c4F)c32)[nH]c2c1C(=O)N(CCN1CCCC1)CC2. The molecule has 37 heavy (non-hydrogen) atoms. The number of benzene rings is 2. The first-order valence-electron chi connectivity index (χ1n) is 12.8. The van der Waals surface area contributed by atoms with Gasteiger partial charge < -0.3 is 20.1 Å². The maximum absolute atomic E-state index is 15.0. The first-order valence-corrected chi connectivity index (χ1v) is 13.1. The van der Waals surface area contributed by atoms with E-state index >= 15 is 0 Å². The number of anilines is 1. The lowest BCUT2D eigenvalue weighted by atomic mass is 9.93. The molecular weight excluding hydrogens is 491 g/mol. The van der Waals surface area contributed by atoms with Crippen molar-refractivity contribution in [2.45, 2.75) is 26.2 Å². The first-order chi connectivity index (χ1) is 17.9. The molecule has 2 aromatic carbocycles. The third-order valence-electron chi connectivity index (χ3n) is 7.74. The van der Waals surface area contributed by atoms with Crippen molar-refractivity contribution in [1.82, 2.24) is 14.8 Å². The van der Waals surface area contributed by atoms with Gasteiger partial charge in [0.15, 0.2) is 0 Å². The van der Waals surface area contributed by atoms with E-state index in [0.717, 1.165) is 49.6 Å². The topological polar surface area (TPSA) is 68.4 Å². The first kappa shape index (κ1) is 23.9. The van der Waals surface area contributed by atoms with E-state index in [-0.39, 0.29) is 16.8 Å². The summed E-state index contributed by atoms with van der Waals surface area (Å²) in [5.74, 6) is -0.755. The summed E-state index contributed by atoms with van der Waals surface area (Å²) in [6.07, 6.45) is 4.99. The summed E-state index contributed by atoms with van der Waals surface area (Å²) in [5.41, 5.74) is 5.73. The Labute approximate surface area is 220 Å². The van der Waals surface area contributed by atoms with E-state index in [1.165, 1.54) is 18.9 Å². The van der Waals surface area contributed by atoms with Crippen LogP contribution < -0.4 is 5.32 Å². The number of H-pyrrole nitrogens is 1. The van der Waals surface area contributed by atoms with E-state index in [1.807, 2.05) is 11.8 Å². The predicted octanol–water partition coefficient (Wildman–Crippen LogP) is 5.37. The number of fused-ring (bicyclic) bond motifs is 2. The molecule has 0 bridgehead atoms. The third-order valence-corrected chi connectivity index (χ3v) is 8.03. The van der Waals surface area contributed by atoms with E-state index in [9.17, 15) is 14.0 Å². The second-order valence-electron chi connectivity index (χ2n) is 9.95. The van der Waals surface area contributed by atoms with Crippen molar-refractivity contribution in [2.75, 3.05) is 38.0 Å². The number of nitrogens with zero attached hydrogens (tertiary/aromatic N) is 2. The Morgan fingerprint density at radius 2 is 1.76 bits per heavy atom.